The first-order valence-corrected chi connectivity index (χ1v) is 14.1. The molecular weight excluding hydrogens is 465 g/mol. The van der Waals surface area contributed by atoms with Gasteiger partial charge in [0.2, 0.25) is 10.0 Å². The third-order valence-electron chi connectivity index (χ3n) is 5.53. The Morgan fingerprint density at radius 3 is 2.61 bits per heavy atom. The predicted octanol–water partition coefficient (Wildman–Crippen LogP) is 4.67. The van der Waals surface area contributed by atoms with Gasteiger partial charge in [-0.15, -0.1) is 0 Å². The highest BCUT2D eigenvalue weighted by atomic mass is 32.2. The second-order valence-electron chi connectivity index (χ2n) is 7.92. The number of nitrogens with one attached hydrogen (secondary N) is 1. The summed E-state index contributed by atoms with van der Waals surface area (Å²) in [6, 6.07) is 10.8. The number of benzene rings is 2. The first-order chi connectivity index (χ1) is 15.7. The van der Waals surface area contributed by atoms with E-state index in [-0.39, 0.29) is 30.0 Å². The smallest absolute Gasteiger partial charge is 0.378 e. The average molecular weight is 496 g/mol. The molecule has 1 heterocycles. The van der Waals surface area contributed by atoms with Gasteiger partial charge in [0.1, 0.15) is 5.76 Å². The summed E-state index contributed by atoms with van der Waals surface area (Å²) in [6.45, 7) is 3.91. The maximum Gasteiger partial charge on any atom is 0.378 e. The third kappa shape index (κ3) is 6.23. The lowest BCUT2D eigenvalue weighted by atomic mass is 10.1. The van der Waals surface area contributed by atoms with E-state index in [2.05, 4.69) is 4.72 Å². The van der Waals surface area contributed by atoms with Crippen LogP contribution in [0, 0.1) is 6.92 Å². The number of ether oxygens (including phenoxy) is 1. The van der Waals surface area contributed by atoms with Crippen LogP contribution in [0.25, 0.3) is 10.8 Å². The Labute approximate surface area is 194 Å². The fraction of sp³-hybridized carbons (Fsp3) is 0.435. The van der Waals surface area contributed by atoms with Crippen molar-refractivity contribution < 1.29 is 31.6 Å². The minimum absolute atomic E-state index is 0.160. The molecule has 0 aromatic heterocycles. The summed E-state index contributed by atoms with van der Waals surface area (Å²) in [7, 11) is -5.75. The maximum absolute atomic E-state index is 12.9. The van der Waals surface area contributed by atoms with Gasteiger partial charge < -0.3 is 9.26 Å². The molecule has 0 radical (unpaired) electrons. The van der Waals surface area contributed by atoms with Crippen molar-refractivity contribution >= 4 is 34.4 Å². The van der Waals surface area contributed by atoms with Crippen molar-refractivity contribution in [3.8, 4) is 0 Å². The number of carbonyl (C=O) groups excluding carboxylic acids is 1. The molecule has 0 spiro atoms. The van der Waals surface area contributed by atoms with E-state index >= 15 is 0 Å². The molecule has 0 amide bonds. The van der Waals surface area contributed by atoms with Gasteiger partial charge in [0.15, 0.2) is 0 Å². The van der Waals surface area contributed by atoms with Gasteiger partial charge in [-0.25, -0.2) is 22.5 Å². The number of sulfonamides is 1. The Hall–Kier alpha value is -2.19. The van der Waals surface area contributed by atoms with Crippen molar-refractivity contribution in [1.29, 1.82) is 0 Å². The highest BCUT2D eigenvalue weighted by Crippen LogP contribution is 2.53. The van der Waals surface area contributed by atoms with E-state index in [0.29, 0.717) is 36.6 Å². The number of aryl methyl sites for hydroxylation is 1. The molecule has 2 aromatic carbocycles. The van der Waals surface area contributed by atoms with Crippen LogP contribution in [0.4, 0.5) is 0 Å². The van der Waals surface area contributed by atoms with Crippen LogP contribution in [0.1, 0.15) is 38.2 Å². The molecule has 10 heteroatoms. The molecular formula is C23H30NO7PS. The minimum Gasteiger partial charge on any atom is -0.466 e. The molecule has 0 saturated heterocycles. The van der Waals surface area contributed by atoms with Crippen LogP contribution in [-0.2, 0) is 33.2 Å². The number of fused-ring (bicyclic) bond motifs is 1. The van der Waals surface area contributed by atoms with E-state index < -0.39 is 23.6 Å². The molecule has 1 aliphatic rings. The van der Waals surface area contributed by atoms with Gasteiger partial charge in [0.05, 0.1) is 30.3 Å². The average Bonchev–Trinajstić information content (AvgIpc) is 2.93. The Kier molecular flexibility index (Phi) is 8.34. The highest BCUT2D eigenvalue weighted by molar-refractivity contribution is 7.89. The third-order valence-corrected chi connectivity index (χ3v) is 9.04. The van der Waals surface area contributed by atoms with Crippen molar-refractivity contribution in [1.82, 2.24) is 4.72 Å². The maximum atomic E-state index is 12.9. The van der Waals surface area contributed by atoms with Gasteiger partial charge in [0, 0.05) is 11.9 Å². The molecule has 1 unspecified atom stereocenters. The lowest BCUT2D eigenvalue weighted by molar-refractivity contribution is -0.136. The Balaban J connectivity index is 1.51. The number of unbranched alkanes of at least 4 members (excludes halogenated alkanes) is 1. The molecule has 0 bridgehead atoms. The zero-order chi connectivity index (χ0) is 24.1. The fourth-order valence-corrected chi connectivity index (χ4v) is 6.83. The molecule has 1 N–H and O–H groups in total. The van der Waals surface area contributed by atoms with Crippen LogP contribution < -0.4 is 4.72 Å². The Morgan fingerprint density at radius 2 is 1.85 bits per heavy atom. The second kappa shape index (κ2) is 10.8. The predicted molar refractivity (Wildman–Crippen MR) is 127 cm³/mol. The van der Waals surface area contributed by atoms with Gasteiger partial charge in [-0.3, -0.25) is 4.52 Å². The minimum atomic E-state index is -3.67. The number of hydrogen-bond donors (Lipinski definition) is 1. The monoisotopic (exact) mass is 495 g/mol. The summed E-state index contributed by atoms with van der Waals surface area (Å²) in [6.07, 6.45) is 2.12. The quantitative estimate of drug-likeness (QED) is 0.306. The first kappa shape index (κ1) is 25.4. The fourth-order valence-electron chi connectivity index (χ4n) is 3.78. The Morgan fingerprint density at radius 1 is 1.12 bits per heavy atom. The van der Waals surface area contributed by atoms with Gasteiger partial charge >= 0.3 is 13.6 Å². The van der Waals surface area contributed by atoms with Crippen molar-refractivity contribution in [3.63, 3.8) is 0 Å². The topological polar surface area (TPSA) is 108 Å². The number of rotatable bonds is 9. The molecule has 0 fully saturated rings. The standard InChI is InChI=1S/C23H30NO7PS/c1-17-9-6-11-21-19(17)10-7-13-22(21)33(27,28)24-14-4-5-15-30-32(26)16-8-12-20(18(2)31-32)23(25)29-3/h6-7,9-11,13,24H,4-5,8,12,14-16H2,1-3H3. The van der Waals surface area contributed by atoms with Crippen molar-refractivity contribution in [2.45, 2.75) is 44.4 Å². The van der Waals surface area contributed by atoms with E-state index in [1.807, 2.05) is 25.1 Å². The Bertz CT molecular complexity index is 1210. The van der Waals surface area contributed by atoms with Gasteiger partial charge in [-0.2, -0.15) is 0 Å². The van der Waals surface area contributed by atoms with Crippen LogP contribution >= 0.6 is 7.60 Å². The van der Waals surface area contributed by atoms with E-state index in [1.165, 1.54) is 7.11 Å². The first-order valence-electron chi connectivity index (χ1n) is 10.9. The lowest BCUT2D eigenvalue weighted by Gasteiger charge is -2.18. The van der Waals surface area contributed by atoms with E-state index in [1.54, 1.807) is 25.1 Å². The number of methoxy groups -OCH3 is 1. The van der Waals surface area contributed by atoms with Crippen molar-refractivity contribution in [3.05, 3.63) is 53.3 Å². The van der Waals surface area contributed by atoms with Crippen molar-refractivity contribution in [2.75, 3.05) is 26.4 Å². The normalized spacial score (nSPS) is 19.2. The molecule has 180 valence electrons. The summed E-state index contributed by atoms with van der Waals surface area (Å²) < 4.78 is 57.0. The van der Waals surface area contributed by atoms with Gasteiger partial charge in [0.25, 0.3) is 0 Å². The lowest BCUT2D eigenvalue weighted by Crippen LogP contribution is -2.25. The summed E-state index contributed by atoms with van der Waals surface area (Å²) in [4.78, 5) is 12.0. The zero-order valence-corrected chi connectivity index (χ0v) is 20.8. The van der Waals surface area contributed by atoms with Crippen LogP contribution in [0.2, 0.25) is 0 Å². The molecule has 3 rings (SSSR count). The summed E-state index contributed by atoms with van der Waals surface area (Å²) in [5.41, 5.74) is 1.39. The van der Waals surface area contributed by atoms with Crippen LogP contribution in [0.15, 0.2) is 52.6 Å². The molecule has 1 aliphatic heterocycles. The number of carbonyl (C=O) groups is 1. The van der Waals surface area contributed by atoms with Crippen LogP contribution in [0.3, 0.4) is 0 Å². The van der Waals surface area contributed by atoms with Gasteiger partial charge in [-0.1, -0.05) is 30.3 Å². The number of esters is 1. The SMILES string of the molecule is COC(=O)C1=C(C)OP(=O)(OCCCCNS(=O)(=O)c2cccc3c(C)cccc23)CCC1. The molecule has 1 atom stereocenters. The summed E-state index contributed by atoms with van der Waals surface area (Å²) >= 11 is 0. The van der Waals surface area contributed by atoms with Crippen LogP contribution in [-0.4, -0.2) is 40.8 Å². The van der Waals surface area contributed by atoms with E-state index in [9.17, 15) is 17.8 Å². The van der Waals surface area contributed by atoms with E-state index in [0.717, 1.165) is 10.9 Å². The number of hydrogen-bond acceptors (Lipinski definition) is 7. The van der Waals surface area contributed by atoms with Gasteiger partial charge in [-0.05, 0) is 56.5 Å². The highest BCUT2D eigenvalue weighted by Gasteiger charge is 2.31. The largest absolute Gasteiger partial charge is 0.466 e. The molecule has 33 heavy (non-hydrogen) atoms. The van der Waals surface area contributed by atoms with E-state index in [4.69, 9.17) is 13.8 Å². The molecule has 0 aliphatic carbocycles. The summed E-state index contributed by atoms with van der Waals surface area (Å²) in [5, 5.41) is 1.59. The molecule has 8 nitrogen and oxygen atoms in total. The van der Waals surface area contributed by atoms with Crippen molar-refractivity contribution in [2.24, 2.45) is 0 Å². The zero-order valence-electron chi connectivity index (χ0n) is 19.1. The van der Waals surface area contributed by atoms with Crippen LogP contribution in [0.5, 0.6) is 0 Å². The second-order valence-corrected chi connectivity index (χ2v) is 11.8. The molecule has 2 aromatic rings. The summed E-state index contributed by atoms with van der Waals surface area (Å²) in [5.74, 6) is -0.227. The molecule has 0 saturated carbocycles. The number of allylic oxidation sites excluding steroid dienone is 1.